The molecule has 0 aromatic carbocycles. The fourth-order valence-corrected chi connectivity index (χ4v) is 5.10. The zero-order valence-electron chi connectivity index (χ0n) is 19.0. The maximum absolute atomic E-state index is 13.8. The van der Waals surface area contributed by atoms with Crippen LogP contribution in [0, 0.1) is 0 Å². The van der Waals surface area contributed by atoms with Gasteiger partial charge in [0.05, 0.1) is 18.5 Å². The fourth-order valence-electron chi connectivity index (χ4n) is 5.10. The van der Waals surface area contributed by atoms with E-state index in [1.807, 2.05) is 47.9 Å². The summed E-state index contributed by atoms with van der Waals surface area (Å²) in [6.07, 6.45) is 11.7. The Hall–Kier alpha value is -3.35. The predicted octanol–water partition coefficient (Wildman–Crippen LogP) is 4.40. The molecule has 5 rings (SSSR count). The second-order valence-corrected chi connectivity index (χ2v) is 9.36. The number of aromatic nitrogens is 2. The van der Waals surface area contributed by atoms with Crippen molar-refractivity contribution in [2.24, 2.45) is 0 Å². The molecule has 0 bridgehead atoms. The van der Waals surface area contributed by atoms with Crippen molar-refractivity contribution in [2.45, 2.75) is 70.1 Å². The molecule has 4 heterocycles. The number of hydrogen-bond acceptors (Lipinski definition) is 4. The van der Waals surface area contributed by atoms with Crippen molar-refractivity contribution in [3.8, 4) is 11.5 Å². The smallest absolute Gasteiger partial charge is 0.271 e. The number of furan rings is 1. The van der Waals surface area contributed by atoms with E-state index in [4.69, 9.17) is 4.42 Å². The van der Waals surface area contributed by atoms with Crippen molar-refractivity contribution >= 4 is 11.8 Å². The van der Waals surface area contributed by atoms with Gasteiger partial charge in [0.2, 0.25) is 5.91 Å². The number of pyridine rings is 1. The number of nitrogens with zero attached hydrogens (tertiary/aromatic N) is 3. The Morgan fingerprint density at radius 1 is 1.12 bits per heavy atom. The molecule has 2 amide bonds. The minimum absolute atomic E-state index is 0.101. The average Bonchev–Trinajstić information content (AvgIpc) is 3.42. The van der Waals surface area contributed by atoms with Gasteiger partial charge >= 0.3 is 0 Å². The molecule has 7 heteroatoms. The molecule has 7 nitrogen and oxygen atoms in total. The Balaban J connectivity index is 1.51. The van der Waals surface area contributed by atoms with Crippen LogP contribution in [0.5, 0.6) is 0 Å². The van der Waals surface area contributed by atoms with Crippen LogP contribution in [0.25, 0.3) is 11.5 Å². The summed E-state index contributed by atoms with van der Waals surface area (Å²) in [6.45, 7) is 2.56. The lowest BCUT2D eigenvalue weighted by Crippen LogP contribution is -2.64. The summed E-state index contributed by atoms with van der Waals surface area (Å²) in [5, 5.41) is 3.30. The summed E-state index contributed by atoms with van der Waals surface area (Å²) in [4.78, 5) is 33.5. The maximum atomic E-state index is 13.8. The quantitative estimate of drug-likeness (QED) is 0.589. The second kappa shape index (κ2) is 8.89. The lowest BCUT2D eigenvalue weighted by atomic mass is 9.93. The van der Waals surface area contributed by atoms with E-state index in [-0.39, 0.29) is 17.9 Å². The Bertz CT molecular complexity index is 1110. The molecule has 172 valence electrons. The van der Waals surface area contributed by atoms with Gasteiger partial charge in [-0.3, -0.25) is 14.6 Å². The highest BCUT2D eigenvalue weighted by Gasteiger charge is 2.48. The Labute approximate surface area is 193 Å². The third-order valence-corrected chi connectivity index (χ3v) is 7.02. The summed E-state index contributed by atoms with van der Waals surface area (Å²) in [6, 6.07) is 11.4. The molecule has 1 atom stereocenters. The number of hydrogen-bond donors (Lipinski definition) is 1. The van der Waals surface area contributed by atoms with E-state index in [9.17, 15) is 9.59 Å². The molecule has 1 N–H and O–H groups in total. The first-order valence-electron chi connectivity index (χ1n) is 11.8. The summed E-state index contributed by atoms with van der Waals surface area (Å²) in [7, 11) is 0. The van der Waals surface area contributed by atoms with Gasteiger partial charge in [-0.15, -0.1) is 0 Å². The van der Waals surface area contributed by atoms with Crippen LogP contribution in [0.1, 0.15) is 61.5 Å². The van der Waals surface area contributed by atoms with Gasteiger partial charge < -0.3 is 19.2 Å². The Kier molecular flexibility index (Phi) is 5.79. The standard InChI is InChI=1S/C26H30N4O3/c1-26(25(32)28-20-9-4-2-3-5-10-20)18-29-21(23-11-7-15-33-23)12-13-22(29)24(31)30(26)17-19-8-6-14-27-16-19/h6-8,11-16,20H,2-5,9-10,17-18H2,1H3,(H,28,32)/t26-/m0/s1. The molecule has 1 aliphatic heterocycles. The van der Waals surface area contributed by atoms with E-state index in [1.54, 1.807) is 23.6 Å². The Morgan fingerprint density at radius 2 is 1.91 bits per heavy atom. The number of rotatable bonds is 5. The molecule has 1 saturated carbocycles. The monoisotopic (exact) mass is 446 g/mol. The van der Waals surface area contributed by atoms with E-state index >= 15 is 0 Å². The molecule has 0 unspecified atom stereocenters. The first-order chi connectivity index (χ1) is 16.1. The minimum atomic E-state index is -1.05. The molecule has 3 aromatic heterocycles. The van der Waals surface area contributed by atoms with Gasteiger partial charge in [0.15, 0.2) is 0 Å². The summed E-state index contributed by atoms with van der Waals surface area (Å²) in [5.74, 6) is 0.416. The normalized spacial score (nSPS) is 21.5. The zero-order chi connectivity index (χ0) is 22.8. The van der Waals surface area contributed by atoms with Gasteiger partial charge in [0.1, 0.15) is 17.0 Å². The molecule has 1 fully saturated rings. The SMILES string of the molecule is C[C@@]1(C(=O)NC2CCCCCC2)Cn2c(ccc2-c2ccco2)C(=O)N1Cc1cccnc1. The van der Waals surface area contributed by atoms with E-state index in [0.29, 0.717) is 24.5 Å². The topological polar surface area (TPSA) is 80.4 Å². The summed E-state index contributed by atoms with van der Waals surface area (Å²) < 4.78 is 7.54. The van der Waals surface area contributed by atoms with Crippen LogP contribution in [-0.4, -0.2) is 37.8 Å². The average molecular weight is 447 g/mol. The fraction of sp³-hybridized carbons (Fsp3) is 0.423. The highest BCUT2D eigenvalue weighted by atomic mass is 16.3. The van der Waals surface area contributed by atoms with Crippen molar-refractivity contribution in [3.63, 3.8) is 0 Å². The number of carbonyl (C=O) groups is 2. The molecule has 1 aliphatic carbocycles. The van der Waals surface area contributed by atoms with E-state index in [0.717, 1.165) is 36.9 Å². The van der Waals surface area contributed by atoms with Crippen LogP contribution in [0.3, 0.4) is 0 Å². The van der Waals surface area contributed by atoms with Crippen molar-refractivity contribution in [3.05, 3.63) is 66.3 Å². The highest BCUT2D eigenvalue weighted by Crippen LogP contribution is 2.34. The van der Waals surface area contributed by atoms with Crippen LogP contribution in [-0.2, 0) is 17.9 Å². The van der Waals surface area contributed by atoms with E-state index in [1.165, 1.54) is 12.8 Å². The zero-order valence-corrected chi connectivity index (χ0v) is 19.0. The maximum Gasteiger partial charge on any atom is 0.271 e. The van der Waals surface area contributed by atoms with E-state index in [2.05, 4.69) is 10.3 Å². The second-order valence-electron chi connectivity index (χ2n) is 9.36. The molecule has 0 saturated heterocycles. The Morgan fingerprint density at radius 3 is 2.61 bits per heavy atom. The molecular formula is C26H30N4O3. The van der Waals surface area contributed by atoms with Crippen LogP contribution < -0.4 is 5.32 Å². The van der Waals surface area contributed by atoms with Crippen LogP contribution in [0.4, 0.5) is 0 Å². The molecular weight excluding hydrogens is 416 g/mol. The number of nitrogens with one attached hydrogen (secondary N) is 1. The van der Waals surface area contributed by atoms with Gasteiger partial charge in [-0.05, 0) is 55.7 Å². The summed E-state index contributed by atoms with van der Waals surface area (Å²) >= 11 is 0. The van der Waals surface area contributed by atoms with Gasteiger partial charge in [-0.25, -0.2) is 0 Å². The van der Waals surface area contributed by atoms with Gasteiger partial charge in [-0.2, -0.15) is 0 Å². The number of carbonyl (C=O) groups excluding carboxylic acids is 2. The lowest BCUT2D eigenvalue weighted by Gasteiger charge is -2.44. The van der Waals surface area contributed by atoms with Crippen LogP contribution in [0.15, 0.2) is 59.5 Å². The van der Waals surface area contributed by atoms with Gasteiger partial charge in [0, 0.05) is 25.0 Å². The lowest BCUT2D eigenvalue weighted by molar-refractivity contribution is -0.134. The van der Waals surface area contributed by atoms with Crippen molar-refractivity contribution in [2.75, 3.05) is 0 Å². The third-order valence-electron chi connectivity index (χ3n) is 7.02. The highest BCUT2D eigenvalue weighted by molar-refractivity contribution is 6.00. The number of amides is 2. The van der Waals surface area contributed by atoms with E-state index < -0.39 is 5.54 Å². The molecule has 3 aromatic rings. The van der Waals surface area contributed by atoms with Crippen LogP contribution in [0.2, 0.25) is 0 Å². The minimum Gasteiger partial charge on any atom is -0.463 e. The molecule has 0 radical (unpaired) electrons. The van der Waals surface area contributed by atoms with Crippen LogP contribution >= 0.6 is 0 Å². The van der Waals surface area contributed by atoms with Gasteiger partial charge in [-0.1, -0.05) is 31.7 Å². The predicted molar refractivity (Wildman–Crippen MR) is 124 cm³/mol. The molecule has 33 heavy (non-hydrogen) atoms. The summed E-state index contributed by atoms with van der Waals surface area (Å²) in [5.41, 5.74) is 1.21. The largest absolute Gasteiger partial charge is 0.463 e. The first-order valence-corrected chi connectivity index (χ1v) is 11.8. The van der Waals surface area contributed by atoms with Crippen molar-refractivity contribution in [1.29, 1.82) is 0 Å². The molecule has 0 spiro atoms. The third kappa shape index (κ3) is 4.08. The van der Waals surface area contributed by atoms with Crippen molar-refractivity contribution < 1.29 is 14.0 Å². The first kappa shape index (κ1) is 21.5. The number of fused-ring (bicyclic) bond motifs is 1. The molecule has 2 aliphatic rings. The van der Waals surface area contributed by atoms with Gasteiger partial charge in [0.25, 0.3) is 5.91 Å². The van der Waals surface area contributed by atoms with Crippen molar-refractivity contribution in [1.82, 2.24) is 19.8 Å².